The average molecular weight is 455 g/mol. The number of nitrogens with zero attached hydrogens (tertiary/aromatic N) is 3. The van der Waals surface area contributed by atoms with Gasteiger partial charge < -0.3 is 24.1 Å². The van der Waals surface area contributed by atoms with E-state index in [-0.39, 0.29) is 24.2 Å². The van der Waals surface area contributed by atoms with Crippen molar-refractivity contribution in [2.45, 2.75) is 19.6 Å². The van der Waals surface area contributed by atoms with E-state index < -0.39 is 0 Å². The number of aromatic nitrogens is 1. The first-order chi connectivity index (χ1) is 16.0. The Balaban J connectivity index is 1.46. The van der Waals surface area contributed by atoms with Crippen LogP contribution in [0.1, 0.15) is 27.5 Å². The fraction of sp³-hybridized carbons (Fsp3) is 0.333. The summed E-state index contributed by atoms with van der Waals surface area (Å²) in [5.74, 6) is 1.26. The van der Waals surface area contributed by atoms with Crippen LogP contribution in [0.15, 0.2) is 53.1 Å². The molecule has 174 valence electrons. The molecule has 0 saturated carbocycles. The average Bonchev–Trinajstić information content (AvgIpc) is 3.42. The quantitative estimate of drug-likeness (QED) is 0.504. The van der Waals surface area contributed by atoms with Gasteiger partial charge in [-0.25, -0.2) is 9.37 Å². The van der Waals surface area contributed by atoms with Gasteiger partial charge in [-0.05, 0) is 49.5 Å². The van der Waals surface area contributed by atoms with Crippen molar-refractivity contribution >= 4 is 5.91 Å². The van der Waals surface area contributed by atoms with Gasteiger partial charge in [-0.2, -0.15) is 0 Å². The smallest absolute Gasteiger partial charge is 0.273 e. The Morgan fingerprint density at radius 1 is 1.06 bits per heavy atom. The van der Waals surface area contributed by atoms with Crippen LogP contribution in [0.2, 0.25) is 0 Å². The molecule has 4 rings (SSSR count). The Bertz CT molecular complexity index is 1100. The number of nitrogens with one attached hydrogen (secondary N) is 1. The van der Waals surface area contributed by atoms with Crippen molar-refractivity contribution in [2.24, 2.45) is 0 Å². The van der Waals surface area contributed by atoms with Crippen molar-refractivity contribution < 1.29 is 23.1 Å². The van der Waals surface area contributed by atoms with Crippen molar-refractivity contribution in [3.63, 3.8) is 0 Å². The van der Waals surface area contributed by atoms with Crippen LogP contribution in [-0.4, -0.2) is 54.7 Å². The molecule has 9 heteroatoms. The largest absolute Gasteiger partial charge is 0.454 e. The topological polar surface area (TPSA) is 80.1 Å². The minimum atomic E-state index is -0.289. The Labute approximate surface area is 191 Å². The van der Waals surface area contributed by atoms with E-state index in [0.717, 1.165) is 17.7 Å². The molecule has 0 radical (unpaired) electrons. The van der Waals surface area contributed by atoms with E-state index in [1.165, 1.54) is 18.4 Å². The zero-order valence-electron chi connectivity index (χ0n) is 18.7. The Hall–Kier alpha value is -3.43. The summed E-state index contributed by atoms with van der Waals surface area (Å²) in [7, 11) is 3.88. The first-order valence-electron chi connectivity index (χ1n) is 10.7. The lowest BCUT2D eigenvalue weighted by molar-refractivity contribution is 0.0946. The van der Waals surface area contributed by atoms with Gasteiger partial charge in [-0.1, -0.05) is 18.2 Å². The van der Waals surface area contributed by atoms with Gasteiger partial charge in [0.25, 0.3) is 5.91 Å². The van der Waals surface area contributed by atoms with Crippen LogP contribution >= 0.6 is 0 Å². The number of fused-ring (bicyclic) bond motifs is 1. The highest BCUT2D eigenvalue weighted by Crippen LogP contribution is 2.33. The van der Waals surface area contributed by atoms with E-state index in [4.69, 9.17) is 13.9 Å². The zero-order chi connectivity index (χ0) is 23.2. The maximum atomic E-state index is 13.7. The highest BCUT2D eigenvalue weighted by atomic mass is 19.1. The summed E-state index contributed by atoms with van der Waals surface area (Å²) in [4.78, 5) is 20.7. The third kappa shape index (κ3) is 6.30. The van der Waals surface area contributed by atoms with Crippen LogP contribution in [-0.2, 0) is 19.6 Å². The SMILES string of the molecule is CN(C)CCNC(=O)c1coc(CN(Cc2cccc(F)c2)Cc2ccc3c(c2)OCO3)n1. The van der Waals surface area contributed by atoms with Crippen LogP contribution in [0.5, 0.6) is 11.5 Å². The second-order valence-corrected chi connectivity index (χ2v) is 8.15. The minimum Gasteiger partial charge on any atom is -0.454 e. The molecular formula is C24H27FN4O4. The van der Waals surface area contributed by atoms with E-state index in [2.05, 4.69) is 15.2 Å². The Morgan fingerprint density at radius 3 is 2.64 bits per heavy atom. The van der Waals surface area contributed by atoms with Crippen molar-refractivity contribution in [1.82, 2.24) is 20.1 Å². The highest BCUT2D eigenvalue weighted by molar-refractivity contribution is 5.91. The molecule has 0 atom stereocenters. The molecule has 33 heavy (non-hydrogen) atoms. The molecule has 0 spiro atoms. The molecule has 0 bridgehead atoms. The van der Waals surface area contributed by atoms with Gasteiger partial charge in [0.15, 0.2) is 17.2 Å². The molecule has 1 aliphatic heterocycles. The summed E-state index contributed by atoms with van der Waals surface area (Å²) in [6, 6.07) is 12.2. The summed E-state index contributed by atoms with van der Waals surface area (Å²) in [6.45, 7) is 2.81. The summed E-state index contributed by atoms with van der Waals surface area (Å²) in [5.41, 5.74) is 2.06. The maximum Gasteiger partial charge on any atom is 0.273 e. The first kappa shape index (κ1) is 22.8. The molecule has 1 aliphatic rings. The third-order valence-electron chi connectivity index (χ3n) is 5.13. The van der Waals surface area contributed by atoms with Gasteiger partial charge in [0.1, 0.15) is 12.1 Å². The second-order valence-electron chi connectivity index (χ2n) is 8.15. The standard InChI is InChI=1S/C24H27FN4O4/c1-28(2)9-8-26-24(30)20-15-31-23(27-20)14-29(12-17-4-3-5-19(25)10-17)13-18-6-7-21-22(11-18)33-16-32-21/h3-7,10-11,15H,8-9,12-14,16H2,1-2H3,(H,26,30). The number of carbonyl (C=O) groups excluding carboxylic acids is 1. The molecule has 1 N–H and O–H groups in total. The summed E-state index contributed by atoms with van der Waals surface area (Å²) >= 11 is 0. The van der Waals surface area contributed by atoms with Gasteiger partial charge in [0, 0.05) is 26.2 Å². The van der Waals surface area contributed by atoms with Crippen molar-refractivity contribution in [3.8, 4) is 11.5 Å². The lowest BCUT2D eigenvalue weighted by atomic mass is 10.1. The summed E-state index contributed by atoms with van der Waals surface area (Å²) in [5, 5.41) is 2.82. The lowest BCUT2D eigenvalue weighted by Crippen LogP contribution is -2.31. The molecule has 0 unspecified atom stereocenters. The fourth-order valence-electron chi connectivity index (χ4n) is 3.52. The molecule has 2 heterocycles. The Kier molecular flexibility index (Phi) is 7.21. The van der Waals surface area contributed by atoms with Gasteiger partial charge in [-0.3, -0.25) is 9.69 Å². The van der Waals surface area contributed by atoms with E-state index >= 15 is 0 Å². The number of benzene rings is 2. The molecular weight excluding hydrogens is 427 g/mol. The maximum absolute atomic E-state index is 13.7. The van der Waals surface area contributed by atoms with Gasteiger partial charge in [0.05, 0.1) is 6.54 Å². The van der Waals surface area contributed by atoms with Crippen LogP contribution in [0.25, 0.3) is 0 Å². The number of hydrogen-bond donors (Lipinski definition) is 1. The van der Waals surface area contributed by atoms with Crippen molar-refractivity contribution in [2.75, 3.05) is 34.0 Å². The van der Waals surface area contributed by atoms with E-state index in [1.807, 2.05) is 43.3 Å². The van der Waals surface area contributed by atoms with Crippen molar-refractivity contribution in [3.05, 3.63) is 77.3 Å². The van der Waals surface area contributed by atoms with E-state index in [1.54, 1.807) is 6.07 Å². The fourth-order valence-corrected chi connectivity index (χ4v) is 3.52. The summed E-state index contributed by atoms with van der Waals surface area (Å²) in [6.07, 6.45) is 1.36. The minimum absolute atomic E-state index is 0.210. The molecule has 0 fully saturated rings. The number of halogens is 1. The molecule has 0 aliphatic carbocycles. The van der Waals surface area contributed by atoms with Gasteiger partial charge in [-0.15, -0.1) is 0 Å². The zero-order valence-corrected chi connectivity index (χ0v) is 18.7. The Morgan fingerprint density at radius 2 is 1.85 bits per heavy atom. The predicted octanol–water partition coefficient (Wildman–Crippen LogP) is 3.04. The van der Waals surface area contributed by atoms with E-state index in [0.29, 0.717) is 43.6 Å². The molecule has 1 amide bonds. The predicted molar refractivity (Wildman–Crippen MR) is 119 cm³/mol. The number of carbonyl (C=O) groups is 1. The van der Waals surface area contributed by atoms with Gasteiger partial charge >= 0.3 is 0 Å². The number of amides is 1. The molecule has 1 aromatic heterocycles. The number of hydrogen-bond acceptors (Lipinski definition) is 7. The van der Waals surface area contributed by atoms with Crippen LogP contribution < -0.4 is 14.8 Å². The molecule has 3 aromatic rings. The normalized spacial score (nSPS) is 12.5. The number of likely N-dealkylation sites (N-methyl/N-ethyl adjacent to an activating group) is 1. The highest BCUT2D eigenvalue weighted by Gasteiger charge is 2.18. The van der Waals surface area contributed by atoms with Crippen LogP contribution in [0, 0.1) is 5.82 Å². The summed E-state index contributed by atoms with van der Waals surface area (Å²) < 4.78 is 30.2. The first-order valence-corrected chi connectivity index (χ1v) is 10.7. The monoisotopic (exact) mass is 454 g/mol. The number of rotatable bonds is 10. The molecule has 2 aromatic carbocycles. The van der Waals surface area contributed by atoms with Crippen LogP contribution in [0.4, 0.5) is 4.39 Å². The molecule has 8 nitrogen and oxygen atoms in total. The van der Waals surface area contributed by atoms with Crippen LogP contribution in [0.3, 0.4) is 0 Å². The number of oxazole rings is 1. The third-order valence-corrected chi connectivity index (χ3v) is 5.13. The molecule has 0 saturated heterocycles. The second kappa shape index (κ2) is 10.5. The van der Waals surface area contributed by atoms with Crippen molar-refractivity contribution in [1.29, 1.82) is 0 Å². The lowest BCUT2D eigenvalue weighted by Gasteiger charge is -2.21. The number of ether oxygens (including phenoxy) is 2. The van der Waals surface area contributed by atoms with E-state index in [9.17, 15) is 9.18 Å². The van der Waals surface area contributed by atoms with Gasteiger partial charge in [0.2, 0.25) is 12.7 Å².